The minimum Gasteiger partial charge on any atom is -0.405 e. The van der Waals surface area contributed by atoms with E-state index in [0.717, 1.165) is 13.1 Å². The molecule has 1 aliphatic rings. The van der Waals surface area contributed by atoms with E-state index in [0.29, 0.717) is 32.5 Å². The summed E-state index contributed by atoms with van der Waals surface area (Å²) in [5.41, 5.74) is 0.485. The summed E-state index contributed by atoms with van der Waals surface area (Å²) in [7, 11) is 0. The maximum Gasteiger partial charge on any atom is 0.573 e. The van der Waals surface area contributed by atoms with E-state index in [1.165, 1.54) is 24.4 Å². The van der Waals surface area contributed by atoms with Gasteiger partial charge in [0.25, 0.3) is 0 Å². The SMILES string of the molecule is Cl.Cl.N#Cc1cnc(NCc2ccccc2OC(F)(F)F)nc1NCCCC(=O)N1CCNCC1. The van der Waals surface area contributed by atoms with Crippen molar-refractivity contribution >= 4 is 42.5 Å². The van der Waals surface area contributed by atoms with Gasteiger partial charge in [-0.2, -0.15) is 10.2 Å². The van der Waals surface area contributed by atoms with E-state index in [2.05, 4.69) is 30.7 Å². The highest BCUT2D eigenvalue weighted by Crippen LogP contribution is 2.26. The Hall–Kier alpha value is -3.01. The second-order valence-corrected chi connectivity index (χ2v) is 7.24. The van der Waals surface area contributed by atoms with Crippen LogP contribution in [0.5, 0.6) is 5.75 Å². The van der Waals surface area contributed by atoms with Crippen molar-refractivity contribution in [3.8, 4) is 11.8 Å². The third-order valence-electron chi connectivity index (χ3n) is 4.87. The summed E-state index contributed by atoms with van der Waals surface area (Å²) in [6.45, 7) is 3.38. The highest BCUT2D eigenvalue weighted by molar-refractivity contribution is 5.85. The molecule has 1 aromatic carbocycles. The standard InChI is InChI=1S/C21H24F3N7O2.2ClH/c22-21(23,24)33-17-5-2-1-4-15(17)13-28-20-29-14-16(12-25)19(30-20)27-7-3-6-18(32)31-10-8-26-9-11-31;;/h1-2,4-5,14,26H,3,6-11,13H2,(H2,27,28,29,30);2*1H. The van der Waals surface area contributed by atoms with Crippen LogP contribution >= 0.6 is 24.8 Å². The number of ether oxygens (including phenoxy) is 1. The predicted octanol–water partition coefficient (Wildman–Crippen LogP) is 3.33. The Bertz CT molecular complexity index is 1000. The molecular weight excluding hydrogens is 510 g/mol. The van der Waals surface area contributed by atoms with Crippen LogP contribution in [0.15, 0.2) is 30.5 Å². The fourth-order valence-corrected chi connectivity index (χ4v) is 3.25. The number of carbonyl (C=O) groups is 1. The maximum absolute atomic E-state index is 12.6. The first kappa shape index (κ1) is 30.0. The summed E-state index contributed by atoms with van der Waals surface area (Å²) in [6, 6.07) is 7.74. The summed E-state index contributed by atoms with van der Waals surface area (Å²) >= 11 is 0. The number of alkyl halides is 3. The fourth-order valence-electron chi connectivity index (χ4n) is 3.25. The van der Waals surface area contributed by atoms with E-state index in [1.54, 1.807) is 6.07 Å². The molecule has 0 aliphatic carbocycles. The zero-order valence-corrected chi connectivity index (χ0v) is 20.2. The summed E-state index contributed by atoms with van der Waals surface area (Å²) in [6.07, 6.45) is -2.55. The predicted molar refractivity (Wildman–Crippen MR) is 129 cm³/mol. The van der Waals surface area contributed by atoms with Crippen LogP contribution in [0.1, 0.15) is 24.0 Å². The van der Waals surface area contributed by atoms with Gasteiger partial charge in [0.15, 0.2) is 0 Å². The van der Waals surface area contributed by atoms with Gasteiger partial charge in [0.1, 0.15) is 23.2 Å². The van der Waals surface area contributed by atoms with Crippen molar-refractivity contribution < 1.29 is 22.7 Å². The van der Waals surface area contributed by atoms with Crippen molar-refractivity contribution in [2.24, 2.45) is 0 Å². The molecule has 1 fully saturated rings. The molecule has 14 heteroatoms. The summed E-state index contributed by atoms with van der Waals surface area (Å²) in [5, 5.41) is 18.4. The molecule has 1 aromatic heterocycles. The molecule has 35 heavy (non-hydrogen) atoms. The zero-order valence-electron chi connectivity index (χ0n) is 18.6. The lowest BCUT2D eigenvalue weighted by Gasteiger charge is -2.27. The highest BCUT2D eigenvalue weighted by atomic mass is 35.5. The molecule has 2 heterocycles. The number of halogens is 5. The smallest absolute Gasteiger partial charge is 0.405 e. The summed E-state index contributed by atoms with van der Waals surface area (Å²) in [5.74, 6) is 0.182. The molecule has 2 aromatic rings. The number of nitriles is 1. The summed E-state index contributed by atoms with van der Waals surface area (Å²) < 4.78 is 41.8. The summed E-state index contributed by atoms with van der Waals surface area (Å²) in [4.78, 5) is 22.3. The lowest BCUT2D eigenvalue weighted by Crippen LogP contribution is -2.46. The second-order valence-electron chi connectivity index (χ2n) is 7.24. The monoisotopic (exact) mass is 535 g/mol. The van der Waals surface area contributed by atoms with Crippen LogP contribution < -0.4 is 20.7 Å². The number of hydrogen-bond donors (Lipinski definition) is 3. The lowest BCUT2D eigenvalue weighted by atomic mass is 10.2. The first-order valence-corrected chi connectivity index (χ1v) is 10.4. The lowest BCUT2D eigenvalue weighted by molar-refractivity contribution is -0.274. The average molecular weight is 536 g/mol. The average Bonchev–Trinajstić information content (AvgIpc) is 2.81. The number of piperazine rings is 1. The normalized spacial score (nSPS) is 13.0. The van der Waals surface area contributed by atoms with Crippen molar-refractivity contribution in [1.29, 1.82) is 5.26 Å². The van der Waals surface area contributed by atoms with Crippen molar-refractivity contribution in [3.63, 3.8) is 0 Å². The number of amides is 1. The van der Waals surface area contributed by atoms with E-state index >= 15 is 0 Å². The number of para-hydroxylation sites is 1. The number of benzene rings is 1. The van der Waals surface area contributed by atoms with Crippen molar-refractivity contribution in [3.05, 3.63) is 41.6 Å². The minimum atomic E-state index is -4.80. The first-order chi connectivity index (χ1) is 15.9. The molecule has 0 atom stereocenters. The number of nitrogens with one attached hydrogen (secondary N) is 3. The van der Waals surface area contributed by atoms with E-state index in [1.807, 2.05) is 11.0 Å². The van der Waals surface area contributed by atoms with Gasteiger partial charge in [0, 0.05) is 51.3 Å². The molecule has 0 spiro atoms. The molecule has 0 saturated carbocycles. The molecule has 0 radical (unpaired) electrons. The Labute approximate surface area is 213 Å². The molecule has 9 nitrogen and oxygen atoms in total. The molecule has 3 rings (SSSR count). The quantitative estimate of drug-likeness (QED) is 0.419. The topological polar surface area (TPSA) is 115 Å². The fraction of sp³-hybridized carbons (Fsp3) is 0.429. The van der Waals surface area contributed by atoms with Gasteiger partial charge in [-0.15, -0.1) is 38.0 Å². The Morgan fingerprint density at radius 2 is 1.91 bits per heavy atom. The second kappa shape index (κ2) is 14.4. The highest BCUT2D eigenvalue weighted by Gasteiger charge is 2.32. The number of carbonyl (C=O) groups excluding carboxylic acids is 1. The van der Waals surface area contributed by atoms with Crippen molar-refractivity contribution in [2.45, 2.75) is 25.7 Å². The van der Waals surface area contributed by atoms with Crippen LogP contribution in [0.25, 0.3) is 0 Å². The number of rotatable bonds is 9. The Morgan fingerprint density at radius 1 is 1.20 bits per heavy atom. The maximum atomic E-state index is 12.6. The third kappa shape index (κ3) is 9.64. The van der Waals surface area contributed by atoms with Crippen LogP contribution in [-0.4, -0.2) is 59.9 Å². The number of aromatic nitrogens is 2. The molecule has 0 unspecified atom stereocenters. The van der Waals surface area contributed by atoms with Gasteiger partial charge in [0.05, 0.1) is 6.20 Å². The van der Waals surface area contributed by atoms with Crippen LogP contribution in [0.2, 0.25) is 0 Å². The van der Waals surface area contributed by atoms with Crippen LogP contribution in [0, 0.1) is 11.3 Å². The number of nitrogens with zero attached hydrogens (tertiary/aromatic N) is 4. The molecular formula is C21H26Cl2F3N7O2. The molecule has 0 bridgehead atoms. The van der Waals surface area contributed by atoms with Crippen LogP contribution in [0.4, 0.5) is 24.9 Å². The van der Waals surface area contributed by atoms with Gasteiger partial charge in [-0.1, -0.05) is 18.2 Å². The molecule has 3 N–H and O–H groups in total. The van der Waals surface area contributed by atoms with Gasteiger partial charge in [-0.05, 0) is 12.5 Å². The van der Waals surface area contributed by atoms with E-state index < -0.39 is 6.36 Å². The largest absolute Gasteiger partial charge is 0.573 e. The Kier molecular flexibility index (Phi) is 12.4. The molecule has 1 saturated heterocycles. The number of hydrogen-bond acceptors (Lipinski definition) is 8. The van der Waals surface area contributed by atoms with E-state index in [9.17, 15) is 23.2 Å². The van der Waals surface area contributed by atoms with Crippen LogP contribution in [0.3, 0.4) is 0 Å². The molecule has 192 valence electrons. The van der Waals surface area contributed by atoms with Gasteiger partial charge in [0.2, 0.25) is 11.9 Å². The molecule has 1 amide bonds. The van der Waals surface area contributed by atoms with Gasteiger partial charge >= 0.3 is 6.36 Å². The van der Waals surface area contributed by atoms with Crippen molar-refractivity contribution in [1.82, 2.24) is 20.2 Å². The molecule has 1 aliphatic heterocycles. The minimum absolute atomic E-state index is 0. The zero-order chi connectivity index (χ0) is 23.7. The number of anilines is 2. The van der Waals surface area contributed by atoms with Crippen molar-refractivity contribution in [2.75, 3.05) is 43.4 Å². The van der Waals surface area contributed by atoms with E-state index in [4.69, 9.17) is 0 Å². The van der Waals surface area contributed by atoms with Gasteiger partial charge < -0.3 is 25.6 Å². The van der Waals surface area contributed by atoms with E-state index in [-0.39, 0.29) is 65.9 Å². The van der Waals surface area contributed by atoms with Gasteiger partial charge in [-0.3, -0.25) is 4.79 Å². The Morgan fingerprint density at radius 3 is 2.60 bits per heavy atom. The van der Waals surface area contributed by atoms with Crippen LogP contribution in [-0.2, 0) is 11.3 Å². The third-order valence-corrected chi connectivity index (χ3v) is 4.87. The van der Waals surface area contributed by atoms with Gasteiger partial charge in [-0.25, -0.2) is 4.98 Å². The Balaban J connectivity index is 0.00000306. The first-order valence-electron chi connectivity index (χ1n) is 10.4.